The molecular weight excluding hydrogens is 382 g/mol. The van der Waals surface area contributed by atoms with Gasteiger partial charge >= 0.3 is 0 Å². The van der Waals surface area contributed by atoms with Crippen molar-refractivity contribution in [1.29, 1.82) is 0 Å². The van der Waals surface area contributed by atoms with Crippen molar-refractivity contribution in [2.24, 2.45) is 11.0 Å². The van der Waals surface area contributed by atoms with Crippen LogP contribution in [0.4, 0.5) is 11.4 Å². The molecule has 3 rings (SSSR count). The Balaban J connectivity index is 1.76. The van der Waals surface area contributed by atoms with Gasteiger partial charge in [-0.25, -0.2) is 0 Å². The van der Waals surface area contributed by atoms with Crippen molar-refractivity contribution in [3.63, 3.8) is 0 Å². The summed E-state index contributed by atoms with van der Waals surface area (Å²) in [6.07, 6.45) is 4.75. The van der Waals surface area contributed by atoms with Crippen LogP contribution in [-0.4, -0.2) is 24.4 Å². The zero-order valence-corrected chi connectivity index (χ0v) is 18.4. The molecule has 0 aromatic heterocycles. The van der Waals surface area contributed by atoms with Gasteiger partial charge in [0, 0.05) is 35.4 Å². The van der Waals surface area contributed by atoms with Crippen LogP contribution in [0.15, 0.2) is 96.7 Å². The van der Waals surface area contributed by atoms with Crippen molar-refractivity contribution in [1.82, 2.24) is 5.01 Å². The highest BCUT2D eigenvalue weighted by molar-refractivity contribution is 5.75. The zero-order valence-electron chi connectivity index (χ0n) is 18.4. The van der Waals surface area contributed by atoms with Gasteiger partial charge in [-0.15, -0.1) is 0 Å². The summed E-state index contributed by atoms with van der Waals surface area (Å²) in [5, 5.41) is 9.76. The Hall–Kier alpha value is -3.53. The molecule has 1 N–H and O–H groups in total. The number of ether oxygens (including phenoxy) is 1. The Morgan fingerprint density at radius 3 is 2.39 bits per heavy atom. The molecule has 0 amide bonds. The quantitative estimate of drug-likeness (QED) is 0.273. The first-order valence-electron chi connectivity index (χ1n) is 10.8. The second-order valence-electron chi connectivity index (χ2n) is 7.41. The number of nitrogens with zero attached hydrogens (tertiary/aromatic N) is 2. The molecule has 3 aromatic rings. The molecule has 0 aliphatic rings. The average molecular weight is 414 g/mol. The van der Waals surface area contributed by atoms with E-state index in [9.17, 15) is 0 Å². The van der Waals surface area contributed by atoms with E-state index < -0.39 is 0 Å². The smallest absolute Gasteiger partial charge is 0.129 e. The summed E-state index contributed by atoms with van der Waals surface area (Å²) in [4.78, 5) is 0. The molecule has 0 saturated carbocycles. The van der Waals surface area contributed by atoms with Gasteiger partial charge in [0.15, 0.2) is 0 Å². The van der Waals surface area contributed by atoms with E-state index in [0.717, 1.165) is 34.7 Å². The normalized spacial score (nSPS) is 11.8. The SMILES string of the molecule is C=CN(CCOc1cc(Nc2ccccc2)ccc1-c1ccccc1)/N=C\C(C)CC. The van der Waals surface area contributed by atoms with Crippen molar-refractivity contribution >= 4 is 17.6 Å². The van der Waals surface area contributed by atoms with Crippen molar-refractivity contribution in [3.8, 4) is 16.9 Å². The highest BCUT2D eigenvalue weighted by Crippen LogP contribution is 2.33. The summed E-state index contributed by atoms with van der Waals surface area (Å²) in [5.41, 5.74) is 4.21. The summed E-state index contributed by atoms with van der Waals surface area (Å²) in [6.45, 7) is 9.29. The molecule has 160 valence electrons. The van der Waals surface area contributed by atoms with Gasteiger partial charge < -0.3 is 10.1 Å². The number of rotatable bonds is 11. The lowest BCUT2D eigenvalue weighted by atomic mass is 10.0. The van der Waals surface area contributed by atoms with E-state index in [2.05, 4.69) is 61.2 Å². The molecule has 4 nitrogen and oxygen atoms in total. The molecule has 3 aromatic carbocycles. The lowest BCUT2D eigenvalue weighted by Crippen LogP contribution is -2.19. The Bertz CT molecular complexity index is 970. The van der Waals surface area contributed by atoms with Crippen LogP contribution in [0, 0.1) is 5.92 Å². The maximum atomic E-state index is 6.23. The van der Waals surface area contributed by atoms with Crippen molar-refractivity contribution < 1.29 is 4.74 Å². The lowest BCUT2D eigenvalue weighted by molar-refractivity contribution is 0.260. The summed E-state index contributed by atoms with van der Waals surface area (Å²) in [7, 11) is 0. The predicted molar refractivity (Wildman–Crippen MR) is 132 cm³/mol. The van der Waals surface area contributed by atoms with Gasteiger partial charge in [-0.3, -0.25) is 5.01 Å². The fourth-order valence-electron chi connectivity index (χ4n) is 3.01. The summed E-state index contributed by atoms with van der Waals surface area (Å²) in [5.74, 6) is 1.27. The fraction of sp³-hybridized carbons (Fsp3) is 0.222. The molecular formula is C27H31N3O. The number of nitrogens with one attached hydrogen (secondary N) is 1. The Morgan fingerprint density at radius 1 is 1.00 bits per heavy atom. The molecule has 0 fully saturated rings. The standard InChI is InChI=1S/C27H31N3O/c1-4-22(3)21-28-30(5-2)18-19-31-27-20-25(29-24-14-10-7-11-15-24)16-17-26(27)23-12-8-6-9-13-23/h5-17,20-22,29H,2,4,18-19H2,1,3H3/b28-21-. The Morgan fingerprint density at radius 2 is 1.71 bits per heavy atom. The van der Waals surface area contributed by atoms with E-state index in [1.54, 1.807) is 6.20 Å². The van der Waals surface area contributed by atoms with Crippen LogP contribution in [0.1, 0.15) is 20.3 Å². The molecule has 1 unspecified atom stereocenters. The maximum Gasteiger partial charge on any atom is 0.129 e. The molecule has 0 saturated heterocycles. The van der Waals surface area contributed by atoms with E-state index in [-0.39, 0.29) is 0 Å². The molecule has 0 radical (unpaired) electrons. The number of anilines is 2. The first-order chi connectivity index (χ1) is 15.2. The number of benzene rings is 3. The van der Waals surface area contributed by atoms with Gasteiger partial charge in [-0.05, 0) is 42.2 Å². The second-order valence-corrected chi connectivity index (χ2v) is 7.41. The molecule has 0 spiro atoms. The minimum Gasteiger partial charge on any atom is -0.491 e. The Kier molecular flexibility index (Phi) is 8.29. The zero-order chi connectivity index (χ0) is 21.9. The van der Waals surface area contributed by atoms with Gasteiger partial charge in [-0.1, -0.05) is 69.0 Å². The monoisotopic (exact) mass is 413 g/mol. The van der Waals surface area contributed by atoms with Crippen LogP contribution in [0.3, 0.4) is 0 Å². The van der Waals surface area contributed by atoms with Gasteiger partial charge in [0.1, 0.15) is 12.4 Å². The highest BCUT2D eigenvalue weighted by Gasteiger charge is 2.09. The predicted octanol–water partition coefficient (Wildman–Crippen LogP) is 6.95. The molecule has 1 atom stereocenters. The third kappa shape index (κ3) is 6.75. The van der Waals surface area contributed by atoms with Gasteiger partial charge in [0.25, 0.3) is 0 Å². The lowest BCUT2D eigenvalue weighted by Gasteiger charge is -2.18. The van der Waals surface area contributed by atoms with Gasteiger partial charge in [0.2, 0.25) is 0 Å². The van der Waals surface area contributed by atoms with Crippen LogP contribution in [0.5, 0.6) is 5.75 Å². The maximum absolute atomic E-state index is 6.23. The first kappa shape index (κ1) is 22.2. The van der Waals surface area contributed by atoms with Crippen LogP contribution in [-0.2, 0) is 0 Å². The van der Waals surface area contributed by atoms with Crippen LogP contribution in [0.25, 0.3) is 11.1 Å². The van der Waals surface area contributed by atoms with Crippen molar-refractivity contribution in [3.05, 3.63) is 91.6 Å². The third-order valence-electron chi connectivity index (χ3n) is 5.03. The topological polar surface area (TPSA) is 36.9 Å². The van der Waals surface area contributed by atoms with Crippen LogP contribution < -0.4 is 10.1 Å². The molecule has 0 bridgehead atoms. The summed E-state index contributed by atoms with van der Waals surface area (Å²) < 4.78 is 6.23. The minimum absolute atomic E-state index is 0.439. The third-order valence-corrected chi connectivity index (χ3v) is 5.03. The van der Waals surface area contributed by atoms with Crippen LogP contribution in [0.2, 0.25) is 0 Å². The van der Waals surface area contributed by atoms with Crippen LogP contribution >= 0.6 is 0 Å². The Labute approximate surface area is 185 Å². The average Bonchev–Trinajstić information content (AvgIpc) is 2.82. The molecule has 0 heterocycles. The number of para-hydroxylation sites is 1. The van der Waals surface area contributed by atoms with Gasteiger partial charge in [0.05, 0.1) is 6.54 Å². The first-order valence-corrected chi connectivity index (χ1v) is 10.8. The molecule has 0 aliphatic carbocycles. The number of hydrogen-bond acceptors (Lipinski definition) is 4. The van der Waals surface area contributed by atoms with E-state index in [1.165, 1.54) is 0 Å². The molecule has 31 heavy (non-hydrogen) atoms. The summed E-state index contributed by atoms with van der Waals surface area (Å²) in [6, 6.07) is 26.6. The largest absolute Gasteiger partial charge is 0.491 e. The number of hydrazone groups is 1. The fourth-order valence-corrected chi connectivity index (χ4v) is 3.01. The van der Waals surface area contributed by atoms with E-state index in [1.807, 2.05) is 59.8 Å². The number of hydrogen-bond donors (Lipinski definition) is 1. The van der Waals surface area contributed by atoms with E-state index in [0.29, 0.717) is 19.1 Å². The minimum atomic E-state index is 0.439. The van der Waals surface area contributed by atoms with E-state index >= 15 is 0 Å². The van der Waals surface area contributed by atoms with Crippen molar-refractivity contribution in [2.45, 2.75) is 20.3 Å². The highest BCUT2D eigenvalue weighted by atomic mass is 16.5. The van der Waals surface area contributed by atoms with E-state index in [4.69, 9.17) is 4.74 Å². The van der Waals surface area contributed by atoms with Crippen molar-refractivity contribution in [2.75, 3.05) is 18.5 Å². The summed E-state index contributed by atoms with van der Waals surface area (Å²) >= 11 is 0. The molecule has 4 heteroatoms. The van der Waals surface area contributed by atoms with Gasteiger partial charge in [-0.2, -0.15) is 5.10 Å². The second kappa shape index (κ2) is 11.6. The molecule has 0 aliphatic heterocycles.